The van der Waals surface area contributed by atoms with Crippen LogP contribution in [0.5, 0.6) is 0 Å². The van der Waals surface area contributed by atoms with Gasteiger partial charge in [0.15, 0.2) is 11.6 Å². The highest BCUT2D eigenvalue weighted by molar-refractivity contribution is 5.95. The molecule has 4 aromatic rings. The minimum Gasteiger partial charge on any atom is -0.357 e. The fourth-order valence-corrected chi connectivity index (χ4v) is 3.72. The Labute approximate surface area is 199 Å². The minimum atomic E-state index is -0.993. The molecule has 0 aliphatic rings. The van der Waals surface area contributed by atoms with E-state index in [4.69, 9.17) is 0 Å². The summed E-state index contributed by atoms with van der Waals surface area (Å²) in [5, 5.41) is 6.51. The van der Waals surface area contributed by atoms with Gasteiger partial charge in [-0.1, -0.05) is 24.3 Å². The van der Waals surface area contributed by atoms with Crippen LogP contribution in [0.3, 0.4) is 0 Å². The van der Waals surface area contributed by atoms with Gasteiger partial charge in [0.25, 0.3) is 11.5 Å². The molecule has 0 bridgehead atoms. The SMILES string of the molecule is CNc1ncc2cc(C=CCNC(=O)c3c(C)n(C)n(Cc4ccc(F)c(F)c4)c3=O)ccc2n1. The fraction of sp³-hybridized carbons (Fsp3) is 0.200. The van der Waals surface area contributed by atoms with E-state index in [9.17, 15) is 18.4 Å². The van der Waals surface area contributed by atoms with Crippen molar-refractivity contribution in [2.24, 2.45) is 7.05 Å². The van der Waals surface area contributed by atoms with Crippen molar-refractivity contribution in [3.8, 4) is 0 Å². The standard InChI is InChI=1S/C25H24F2N6O2/c1-15-22(24(35)33(32(15)3)14-17-6-8-19(26)20(27)12-17)23(34)29-10-4-5-16-7-9-21-18(11-16)13-30-25(28-2)31-21/h4-9,11-13H,10,14H2,1-3H3,(H,29,34)(H,28,30,31). The Balaban J connectivity index is 1.45. The summed E-state index contributed by atoms with van der Waals surface area (Å²) in [6.45, 7) is 1.87. The van der Waals surface area contributed by atoms with Gasteiger partial charge in [-0.2, -0.15) is 0 Å². The monoisotopic (exact) mass is 478 g/mol. The zero-order chi connectivity index (χ0) is 25.1. The number of hydrogen-bond acceptors (Lipinski definition) is 5. The van der Waals surface area contributed by atoms with E-state index in [1.165, 1.54) is 15.4 Å². The summed E-state index contributed by atoms with van der Waals surface area (Å²) in [6.07, 6.45) is 5.36. The van der Waals surface area contributed by atoms with Crippen LogP contribution < -0.4 is 16.2 Å². The summed E-state index contributed by atoms with van der Waals surface area (Å²) in [6, 6.07) is 9.17. The smallest absolute Gasteiger partial charge is 0.280 e. The van der Waals surface area contributed by atoms with Crippen LogP contribution in [-0.4, -0.2) is 38.8 Å². The Morgan fingerprint density at radius 3 is 2.69 bits per heavy atom. The third-order valence-corrected chi connectivity index (χ3v) is 5.72. The van der Waals surface area contributed by atoms with Crippen LogP contribution in [-0.2, 0) is 13.6 Å². The Morgan fingerprint density at radius 2 is 1.94 bits per heavy atom. The van der Waals surface area contributed by atoms with Gasteiger partial charge in [-0.25, -0.2) is 23.4 Å². The molecule has 0 aliphatic heterocycles. The lowest BCUT2D eigenvalue weighted by molar-refractivity contribution is 0.0956. The van der Waals surface area contributed by atoms with E-state index in [-0.39, 0.29) is 18.7 Å². The molecule has 0 aliphatic carbocycles. The Kier molecular flexibility index (Phi) is 6.72. The Morgan fingerprint density at radius 1 is 1.14 bits per heavy atom. The lowest BCUT2D eigenvalue weighted by Gasteiger charge is -2.08. The molecule has 180 valence electrons. The molecule has 8 nitrogen and oxygen atoms in total. The van der Waals surface area contributed by atoms with Crippen molar-refractivity contribution in [3.63, 3.8) is 0 Å². The van der Waals surface area contributed by atoms with Crippen LogP contribution in [0.15, 0.2) is 53.5 Å². The van der Waals surface area contributed by atoms with Crippen molar-refractivity contribution < 1.29 is 13.6 Å². The average Bonchev–Trinajstić information content (AvgIpc) is 3.06. The van der Waals surface area contributed by atoms with Crippen molar-refractivity contribution in [3.05, 3.63) is 93.0 Å². The summed E-state index contributed by atoms with van der Waals surface area (Å²) in [4.78, 5) is 34.2. The lowest BCUT2D eigenvalue weighted by Crippen LogP contribution is -2.31. The number of nitrogens with one attached hydrogen (secondary N) is 2. The number of rotatable bonds is 7. The molecular weight excluding hydrogens is 454 g/mol. The maximum atomic E-state index is 13.6. The van der Waals surface area contributed by atoms with Gasteiger partial charge in [-0.15, -0.1) is 0 Å². The first-order chi connectivity index (χ1) is 16.8. The van der Waals surface area contributed by atoms with E-state index < -0.39 is 23.1 Å². The Hall–Kier alpha value is -4.34. The molecule has 10 heteroatoms. The molecule has 1 amide bonds. The van der Waals surface area contributed by atoms with E-state index in [1.807, 2.05) is 24.3 Å². The molecule has 2 aromatic carbocycles. The van der Waals surface area contributed by atoms with Gasteiger partial charge in [-0.3, -0.25) is 14.3 Å². The van der Waals surface area contributed by atoms with Crippen LogP contribution in [0.25, 0.3) is 17.0 Å². The topological polar surface area (TPSA) is 93.8 Å². The van der Waals surface area contributed by atoms with Crippen LogP contribution in [0.4, 0.5) is 14.7 Å². The third kappa shape index (κ3) is 4.96. The largest absolute Gasteiger partial charge is 0.357 e. The van der Waals surface area contributed by atoms with Gasteiger partial charge in [0.1, 0.15) is 5.56 Å². The number of carbonyl (C=O) groups is 1. The van der Waals surface area contributed by atoms with Gasteiger partial charge < -0.3 is 10.6 Å². The summed E-state index contributed by atoms with van der Waals surface area (Å²) in [5.74, 6) is -1.92. The van der Waals surface area contributed by atoms with Crippen LogP contribution >= 0.6 is 0 Å². The minimum absolute atomic E-state index is 0.00203. The molecule has 0 unspecified atom stereocenters. The first kappa shape index (κ1) is 23.8. The number of fused-ring (bicyclic) bond motifs is 1. The second-order valence-corrected chi connectivity index (χ2v) is 7.97. The average molecular weight is 479 g/mol. The second-order valence-electron chi connectivity index (χ2n) is 7.97. The molecular formula is C25H24F2N6O2. The van der Waals surface area contributed by atoms with E-state index in [2.05, 4.69) is 20.6 Å². The van der Waals surface area contributed by atoms with E-state index in [0.717, 1.165) is 28.6 Å². The zero-order valence-electron chi connectivity index (χ0n) is 19.5. The number of nitrogens with zero attached hydrogens (tertiary/aromatic N) is 4. The highest BCUT2D eigenvalue weighted by Crippen LogP contribution is 2.16. The van der Waals surface area contributed by atoms with E-state index in [0.29, 0.717) is 17.2 Å². The van der Waals surface area contributed by atoms with Crippen molar-refractivity contribution >= 4 is 28.8 Å². The number of amides is 1. The maximum Gasteiger partial charge on any atom is 0.280 e. The number of carbonyl (C=O) groups excluding carboxylic acids is 1. The molecule has 0 spiro atoms. The summed E-state index contributed by atoms with van der Waals surface area (Å²) in [7, 11) is 3.39. The molecule has 0 atom stereocenters. The molecule has 0 saturated heterocycles. The molecule has 0 radical (unpaired) electrons. The number of hydrogen-bond donors (Lipinski definition) is 2. The summed E-state index contributed by atoms with van der Waals surface area (Å²) in [5.41, 5.74) is 2.10. The highest BCUT2D eigenvalue weighted by Gasteiger charge is 2.21. The molecule has 0 saturated carbocycles. The molecule has 0 fully saturated rings. The fourth-order valence-electron chi connectivity index (χ4n) is 3.72. The van der Waals surface area contributed by atoms with Crippen molar-refractivity contribution in [1.82, 2.24) is 24.6 Å². The van der Waals surface area contributed by atoms with Crippen molar-refractivity contribution in [1.29, 1.82) is 0 Å². The zero-order valence-corrected chi connectivity index (χ0v) is 19.5. The third-order valence-electron chi connectivity index (χ3n) is 5.72. The summed E-state index contributed by atoms with van der Waals surface area (Å²) >= 11 is 0. The van der Waals surface area contributed by atoms with Crippen molar-refractivity contribution in [2.45, 2.75) is 13.5 Å². The molecule has 35 heavy (non-hydrogen) atoms. The number of benzene rings is 2. The predicted molar refractivity (Wildman–Crippen MR) is 130 cm³/mol. The molecule has 4 rings (SSSR count). The summed E-state index contributed by atoms with van der Waals surface area (Å²) < 4.78 is 29.6. The van der Waals surface area contributed by atoms with Crippen LogP contribution in [0, 0.1) is 18.6 Å². The number of aromatic nitrogens is 4. The lowest BCUT2D eigenvalue weighted by atomic mass is 10.1. The van der Waals surface area contributed by atoms with Crippen LogP contribution in [0.1, 0.15) is 27.2 Å². The molecule has 2 heterocycles. The van der Waals surface area contributed by atoms with Gasteiger partial charge in [0.05, 0.1) is 12.1 Å². The number of anilines is 1. The quantitative estimate of drug-likeness (QED) is 0.425. The van der Waals surface area contributed by atoms with Gasteiger partial charge >= 0.3 is 0 Å². The number of halogens is 2. The predicted octanol–water partition coefficient (Wildman–Crippen LogP) is 3.25. The maximum absolute atomic E-state index is 13.6. The van der Waals surface area contributed by atoms with E-state index in [1.54, 1.807) is 33.3 Å². The van der Waals surface area contributed by atoms with Crippen LogP contribution in [0.2, 0.25) is 0 Å². The van der Waals surface area contributed by atoms with E-state index >= 15 is 0 Å². The van der Waals surface area contributed by atoms with Gasteiger partial charge in [-0.05, 0) is 42.3 Å². The van der Waals surface area contributed by atoms with Gasteiger partial charge in [0, 0.05) is 37.9 Å². The van der Waals surface area contributed by atoms with Crippen molar-refractivity contribution in [2.75, 3.05) is 18.9 Å². The molecule has 2 N–H and O–H groups in total. The first-order valence-corrected chi connectivity index (χ1v) is 10.9. The highest BCUT2D eigenvalue weighted by atomic mass is 19.2. The first-order valence-electron chi connectivity index (χ1n) is 10.9. The molecule has 2 aromatic heterocycles. The Bertz CT molecular complexity index is 1510. The second kappa shape index (κ2) is 9.88. The van der Waals surface area contributed by atoms with Gasteiger partial charge in [0.2, 0.25) is 5.95 Å². The normalized spacial score (nSPS) is 11.3.